The highest BCUT2D eigenvalue weighted by Gasteiger charge is 2.49. The number of nitrogens with one attached hydrogen (secondary N) is 1. The van der Waals surface area contributed by atoms with Crippen molar-refractivity contribution in [3.8, 4) is 11.5 Å². The summed E-state index contributed by atoms with van der Waals surface area (Å²) in [6.45, 7) is 5.50. The molecule has 10 heteroatoms. The van der Waals surface area contributed by atoms with Crippen LogP contribution in [0.4, 0.5) is 17.5 Å². The Kier molecular flexibility index (Phi) is 4.58. The lowest BCUT2D eigenvalue weighted by Crippen LogP contribution is -2.66. The van der Waals surface area contributed by atoms with Gasteiger partial charge >= 0.3 is 0 Å². The van der Waals surface area contributed by atoms with Gasteiger partial charge in [-0.2, -0.15) is 0 Å². The highest BCUT2D eigenvalue weighted by Crippen LogP contribution is 2.39. The molecular weight excluding hydrogens is 456 g/mol. The second kappa shape index (κ2) is 7.85. The highest BCUT2D eigenvalue weighted by atomic mass is 16.5. The Hall–Kier alpha value is -4.31. The summed E-state index contributed by atoms with van der Waals surface area (Å²) in [5, 5.41) is 3.40. The predicted octanol–water partition coefficient (Wildman–Crippen LogP) is 3.99. The maximum Gasteiger partial charge on any atom is 0.226 e. The molecule has 2 aliphatic rings. The Bertz CT molecular complexity index is 1620. The summed E-state index contributed by atoms with van der Waals surface area (Å²) in [5.74, 6) is 2.86. The molecule has 0 aliphatic carbocycles. The first-order valence-electron chi connectivity index (χ1n) is 11.8. The van der Waals surface area contributed by atoms with Gasteiger partial charge in [-0.15, -0.1) is 0 Å². The zero-order chi connectivity index (χ0) is 24.3. The van der Waals surface area contributed by atoms with E-state index < -0.39 is 0 Å². The van der Waals surface area contributed by atoms with Gasteiger partial charge in [-0.05, 0) is 42.8 Å². The average Bonchev–Trinajstić information content (AvgIpc) is 3.19. The smallest absolute Gasteiger partial charge is 0.226 e. The second-order valence-corrected chi connectivity index (χ2v) is 9.69. The fourth-order valence-electron chi connectivity index (χ4n) is 4.85. The summed E-state index contributed by atoms with van der Waals surface area (Å²) in [7, 11) is 1.98. The fraction of sp³-hybridized carbons (Fsp3) is 0.269. The lowest BCUT2D eigenvalue weighted by Gasteiger charge is -2.54. The first kappa shape index (κ1) is 21.0. The van der Waals surface area contributed by atoms with Crippen molar-refractivity contribution in [2.45, 2.75) is 6.92 Å². The van der Waals surface area contributed by atoms with Gasteiger partial charge in [-0.3, -0.25) is 0 Å². The van der Waals surface area contributed by atoms with Gasteiger partial charge in [0, 0.05) is 31.9 Å². The molecular formula is C26H24N8O2. The van der Waals surface area contributed by atoms with Gasteiger partial charge < -0.3 is 24.3 Å². The Balaban J connectivity index is 1.12. The van der Waals surface area contributed by atoms with Gasteiger partial charge in [-0.1, -0.05) is 0 Å². The molecule has 5 heterocycles. The largest absolute Gasteiger partial charge is 0.457 e. The molecule has 1 N–H and O–H groups in total. The summed E-state index contributed by atoms with van der Waals surface area (Å²) in [4.78, 5) is 24.7. The van der Waals surface area contributed by atoms with Crippen LogP contribution in [0.3, 0.4) is 0 Å². The van der Waals surface area contributed by atoms with E-state index in [0.29, 0.717) is 22.8 Å². The van der Waals surface area contributed by atoms with E-state index in [-0.39, 0.29) is 5.41 Å². The Morgan fingerprint density at radius 3 is 2.69 bits per heavy atom. The number of nitrogens with zero attached hydrogens (tertiary/aromatic N) is 7. The molecule has 2 fully saturated rings. The van der Waals surface area contributed by atoms with E-state index in [0.717, 1.165) is 60.1 Å². The molecule has 0 atom stereocenters. The topological polar surface area (TPSA) is 103 Å². The summed E-state index contributed by atoms with van der Waals surface area (Å²) in [5.41, 5.74) is 5.51. The molecule has 5 aromatic rings. The van der Waals surface area contributed by atoms with Gasteiger partial charge in [0.1, 0.15) is 28.9 Å². The summed E-state index contributed by atoms with van der Waals surface area (Å²) < 4.78 is 13.5. The number of ether oxygens (including phenoxy) is 2. The van der Waals surface area contributed by atoms with Crippen LogP contribution in [0.1, 0.15) is 5.56 Å². The van der Waals surface area contributed by atoms with E-state index in [4.69, 9.17) is 14.5 Å². The second-order valence-electron chi connectivity index (χ2n) is 9.69. The monoisotopic (exact) mass is 480 g/mol. The molecule has 1 spiro atoms. The van der Waals surface area contributed by atoms with E-state index in [1.54, 1.807) is 12.5 Å². The van der Waals surface area contributed by atoms with Crippen molar-refractivity contribution in [2.75, 3.05) is 36.5 Å². The van der Waals surface area contributed by atoms with Gasteiger partial charge in [0.15, 0.2) is 5.82 Å². The van der Waals surface area contributed by atoms with E-state index in [1.165, 1.54) is 6.33 Å². The van der Waals surface area contributed by atoms with E-state index >= 15 is 0 Å². The summed E-state index contributed by atoms with van der Waals surface area (Å²) in [6.07, 6.45) is 5.08. The molecule has 2 aromatic carbocycles. The number of rotatable bonds is 5. The molecule has 10 nitrogen and oxygen atoms in total. The Morgan fingerprint density at radius 2 is 1.89 bits per heavy atom. The number of benzene rings is 2. The van der Waals surface area contributed by atoms with Crippen molar-refractivity contribution < 1.29 is 9.47 Å². The predicted molar refractivity (Wildman–Crippen MR) is 136 cm³/mol. The van der Waals surface area contributed by atoms with Crippen molar-refractivity contribution in [1.29, 1.82) is 0 Å². The number of fused-ring (bicyclic) bond motifs is 2. The van der Waals surface area contributed by atoms with E-state index in [9.17, 15) is 0 Å². The minimum absolute atomic E-state index is 0.289. The van der Waals surface area contributed by atoms with Gasteiger partial charge in [0.25, 0.3) is 0 Å². The lowest BCUT2D eigenvalue weighted by molar-refractivity contribution is -0.127. The Labute approximate surface area is 207 Å². The normalized spacial score (nSPS) is 16.2. The summed E-state index contributed by atoms with van der Waals surface area (Å²) >= 11 is 0. The van der Waals surface area contributed by atoms with Crippen LogP contribution in [-0.4, -0.2) is 55.8 Å². The fourth-order valence-corrected chi connectivity index (χ4v) is 4.85. The van der Waals surface area contributed by atoms with Crippen LogP contribution in [0.5, 0.6) is 11.5 Å². The molecule has 0 bridgehead atoms. The molecule has 180 valence electrons. The Morgan fingerprint density at radius 1 is 1.00 bits per heavy atom. The van der Waals surface area contributed by atoms with Crippen LogP contribution < -0.4 is 15.0 Å². The van der Waals surface area contributed by atoms with Crippen LogP contribution in [0.25, 0.3) is 22.1 Å². The average molecular weight is 481 g/mol. The SMILES string of the molecule is Cc1cc(Nc2ncnc3cnc(N4CC5(COC5)C4)nc23)ccc1Oc1ccc2c(c1)ncn2C. The number of aryl methyl sites for hydroxylation is 2. The van der Waals surface area contributed by atoms with Gasteiger partial charge in [-0.25, -0.2) is 24.9 Å². The maximum atomic E-state index is 6.16. The molecule has 0 radical (unpaired) electrons. The maximum absolute atomic E-state index is 6.16. The van der Waals surface area contributed by atoms with Crippen molar-refractivity contribution in [3.63, 3.8) is 0 Å². The minimum Gasteiger partial charge on any atom is -0.457 e. The third kappa shape index (κ3) is 3.49. The zero-order valence-electron chi connectivity index (χ0n) is 20.0. The van der Waals surface area contributed by atoms with Crippen molar-refractivity contribution in [3.05, 3.63) is 60.8 Å². The standard InChI is InChI=1S/C26H24N8O2/c1-16-7-17(3-6-22(16)36-18-4-5-21-19(8-18)30-15-33(21)2)31-24-23-20(28-14-29-24)9-27-25(32-23)34-10-26(11-34)12-35-13-26/h3-9,14-15H,10-13H2,1-2H3,(H,28,29,31). The molecule has 3 aromatic heterocycles. The van der Waals surface area contributed by atoms with Crippen LogP contribution in [-0.2, 0) is 11.8 Å². The number of anilines is 3. The lowest BCUT2D eigenvalue weighted by atomic mass is 9.78. The highest BCUT2D eigenvalue weighted by molar-refractivity contribution is 5.87. The number of hydrogen-bond acceptors (Lipinski definition) is 9. The first-order chi connectivity index (χ1) is 17.6. The first-order valence-corrected chi connectivity index (χ1v) is 11.8. The zero-order valence-corrected chi connectivity index (χ0v) is 20.0. The molecule has 7 rings (SSSR count). The minimum atomic E-state index is 0.289. The quantitative estimate of drug-likeness (QED) is 0.400. The third-order valence-electron chi connectivity index (χ3n) is 6.88. The van der Waals surface area contributed by atoms with Crippen molar-refractivity contribution in [1.82, 2.24) is 29.5 Å². The van der Waals surface area contributed by atoms with Crippen LogP contribution in [0, 0.1) is 12.3 Å². The third-order valence-corrected chi connectivity index (χ3v) is 6.88. The molecule has 0 amide bonds. The van der Waals surface area contributed by atoms with Gasteiger partial charge in [0.05, 0.1) is 42.2 Å². The van der Waals surface area contributed by atoms with E-state index in [2.05, 4.69) is 30.2 Å². The van der Waals surface area contributed by atoms with Crippen LogP contribution in [0.2, 0.25) is 0 Å². The molecule has 2 saturated heterocycles. The molecule has 0 saturated carbocycles. The van der Waals surface area contributed by atoms with Crippen molar-refractivity contribution in [2.24, 2.45) is 12.5 Å². The van der Waals surface area contributed by atoms with Crippen LogP contribution in [0.15, 0.2) is 55.2 Å². The van der Waals surface area contributed by atoms with Crippen molar-refractivity contribution >= 4 is 39.5 Å². The molecule has 2 aliphatic heterocycles. The summed E-state index contributed by atoms with van der Waals surface area (Å²) in [6, 6.07) is 11.9. The molecule has 36 heavy (non-hydrogen) atoms. The number of imidazole rings is 1. The van der Waals surface area contributed by atoms with E-state index in [1.807, 2.05) is 54.9 Å². The molecule has 0 unspecified atom stereocenters. The van der Waals surface area contributed by atoms with Crippen LogP contribution >= 0.6 is 0 Å². The number of hydrogen-bond donors (Lipinski definition) is 1. The van der Waals surface area contributed by atoms with Gasteiger partial charge in [0.2, 0.25) is 5.95 Å². The number of aromatic nitrogens is 6.